The molecule has 7 nitrogen and oxygen atoms in total. The number of halogens is 2. The van der Waals surface area contributed by atoms with Gasteiger partial charge in [-0.3, -0.25) is 4.79 Å². The Morgan fingerprint density at radius 3 is 2.48 bits per heavy atom. The van der Waals surface area contributed by atoms with E-state index in [0.29, 0.717) is 11.7 Å². The van der Waals surface area contributed by atoms with Gasteiger partial charge in [-0.25, -0.2) is 14.2 Å². The van der Waals surface area contributed by atoms with Crippen molar-refractivity contribution in [1.29, 1.82) is 0 Å². The fraction of sp³-hybridized carbons (Fsp3) is 0.318. The Morgan fingerprint density at radius 2 is 1.94 bits per heavy atom. The van der Waals surface area contributed by atoms with Gasteiger partial charge in [0.1, 0.15) is 17.2 Å². The number of carboxylic acid groups (broad SMARTS) is 1. The third-order valence-electron chi connectivity index (χ3n) is 5.20. The van der Waals surface area contributed by atoms with Crippen molar-refractivity contribution < 1.29 is 14.3 Å². The molecule has 1 aliphatic rings. The number of fused-ring (bicyclic) bond motifs is 1. The first-order valence-electron chi connectivity index (χ1n) is 9.91. The molecule has 3 heterocycles. The highest BCUT2D eigenvalue weighted by Gasteiger charge is 2.29. The fourth-order valence-corrected chi connectivity index (χ4v) is 3.53. The Morgan fingerprint density at radius 1 is 1.26 bits per heavy atom. The van der Waals surface area contributed by atoms with Gasteiger partial charge in [0, 0.05) is 36.8 Å². The van der Waals surface area contributed by atoms with Crippen molar-refractivity contribution in [2.45, 2.75) is 19.9 Å². The van der Waals surface area contributed by atoms with Crippen molar-refractivity contribution in [2.75, 3.05) is 32.1 Å². The lowest BCUT2D eigenvalue weighted by molar-refractivity contribution is 0.0695. The summed E-state index contributed by atoms with van der Waals surface area (Å²) >= 11 is 5.81. The molecule has 1 fully saturated rings. The van der Waals surface area contributed by atoms with Crippen LogP contribution in [-0.4, -0.2) is 58.8 Å². The highest BCUT2D eigenvalue weighted by atomic mass is 35.5. The number of pyridine rings is 2. The van der Waals surface area contributed by atoms with Crippen molar-refractivity contribution in [3.8, 4) is 5.69 Å². The van der Waals surface area contributed by atoms with Gasteiger partial charge in [0.25, 0.3) is 0 Å². The van der Waals surface area contributed by atoms with E-state index in [9.17, 15) is 19.1 Å². The number of hydrogen-bond donors (Lipinski definition) is 1. The minimum Gasteiger partial charge on any atom is -0.477 e. The van der Waals surface area contributed by atoms with E-state index in [0.717, 1.165) is 31.0 Å². The van der Waals surface area contributed by atoms with E-state index >= 15 is 0 Å². The first kappa shape index (κ1) is 22.7. The second-order valence-corrected chi connectivity index (χ2v) is 7.63. The van der Waals surface area contributed by atoms with Crippen molar-refractivity contribution in [3.63, 3.8) is 0 Å². The quantitative estimate of drug-likeness (QED) is 0.659. The maximum absolute atomic E-state index is 14.1. The normalized spacial score (nSPS) is 13.7. The number of carbonyl (C=O) groups is 1. The maximum Gasteiger partial charge on any atom is 0.341 e. The summed E-state index contributed by atoms with van der Waals surface area (Å²) in [6.45, 7) is 5.74. The Balaban J connectivity index is 0.00000132. The minimum atomic E-state index is -1.37. The Bertz CT molecular complexity index is 1170. The third-order valence-corrected chi connectivity index (χ3v) is 5.49. The van der Waals surface area contributed by atoms with E-state index in [1.165, 1.54) is 10.8 Å². The van der Waals surface area contributed by atoms with Crippen LogP contribution in [0, 0.1) is 5.82 Å². The third kappa shape index (κ3) is 4.26. The topological polar surface area (TPSA) is 78.7 Å². The highest BCUT2D eigenvalue weighted by molar-refractivity contribution is 6.31. The summed E-state index contributed by atoms with van der Waals surface area (Å²) in [5, 5.41) is 9.18. The van der Waals surface area contributed by atoms with E-state index in [4.69, 9.17) is 11.6 Å². The average molecular weight is 447 g/mol. The molecule has 0 unspecified atom stereocenters. The molecular weight excluding hydrogens is 423 g/mol. The van der Waals surface area contributed by atoms with Gasteiger partial charge in [-0.15, -0.1) is 0 Å². The smallest absolute Gasteiger partial charge is 0.341 e. The van der Waals surface area contributed by atoms with E-state index in [1.807, 2.05) is 34.0 Å². The summed E-state index contributed by atoms with van der Waals surface area (Å²) in [5.74, 6) is -1.27. The number of carboxylic acids is 1. The Hall–Kier alpha value is -2.97. The molecule has 0 aliphatic carbocycles. The number of benzene rings is 1. The molecule has 1 N–H and O–H groups in total. The molecule has 0 atom stereocenters. The number of anilines is 1. The first-order chi connectivity index (χ1) is 14.8. The lowest BCUT2D eigenvalue weighted by Crippen LogP contribution is -2.57. The second-order valence-electron chi connectivity index (χ2n) is 7.23. The number of likely N-dealkylation sites (N-methyl/N-ethyl adjacent to an activating group) is 1. The Labute approximate surface area is 184 Å². The molecule has 0 saturated carbocycles. The largest absolute Gasteiger partial charge is 0.477 e. The molecule has 31 heavy (non-hydrogen) atoms. The van der Waals surface area contributed by atoms with Crippen LogP contribution in [0.4, 0.5) is 10.2 Å². The van der Waals surface area contributed by atoms with Crippen LogP contribution in [0.5, 0.6) is 0 Å². The van der Waals surface area contributed by atoms with Gasteiger partial charge in [-0.1, -0.05) is 25.4 Å². The number of nitrogens with zero attached hydrogens (tertiary/aromatic N) is 4. The van der Waals surface area contributed by atoms with Gasteiger partial charge in [-0.05, 0) is 32.3 Å². The monoisotopic (exact) mass is 446 g/mol. The van der Waals surface area contributed by atoms with Crippen LogP contribution in [0.1, 0.15) is 24.2 Å². The number of aromatic nitrogens is 2. The maximum atomic E-state index is 14.1. The summed E-state index contributed by atoms with van der Waals surface area (Å²) in [5.41, 5.74) is -0.424. The zero-order chi connectivity index (χ0) is 22.9. The van der Waals surface area contributed by atoms with E-state index < -0.39 is 22.8 Å². The van der Waals surface area contributed by atoms with Crippen molar-refractivity contribution in [3.05, 3.63) is 63.3 Å². The van der Waals surface area contributed by atoms with Crippen LogP contribution >= 0.6 is 11.6 Å². The van der Waals surface area contributed by atoms with Crippen LogP contribution in [-0.2, 0) is 0 Å². The summed E-state index contributed by atoms with van der Waals surface area (Å²) in [4.78, 5) is 32.8. The molecule has 164 valence electrons. The van der Waals surface area contributed by atoms with Gasteiger partial charge in [-0.2, -0.15) is 0 Å². The second kappa shape index (κ2) is 9.03. The Kier molecular flexibility index (Phi) is 6.62. The average Bonchev–Trinajstić information content (AvgIpc) is 2.70. The van der Waals surface area contributed by atoms with E-state index in [1.54, 1.807) is 12.3 Å². The van der Waals surface area contributed by atoms with Crippen LogP contribution in [0.3, 0.4) is 0 Å². The lowest BCUT2D eigenvalue weighted by Gasteiger charge is -2.43. The molecule has 3 aromatic rings. The zero-order valence-corrected chi connectivity index (χ0v) is 18.5. The highest BCUT2D eigenvalue weighted by Crippen LogP contribution is 2.26. The van der Waals surface area contributed by atoms with E-state index in [-0.39, 0.29) is 15.9 Å². The van der Waals surface area contributed by atoms with Gasteiger partial charge in [0.05, 0.1) is 22.4 Å². The molecule has 0 bridgehead atoms. The summed E-state index contributed by atoms with van der Waals surface area (Å²) in [6, 6.07) is 6.33. The SMILES string of the molecule is CC.CN(C)C1CN(c2ccc(-n3cc(C(=O)O)c(=O)c4cc(Cl)c(F)cc43)cn2)C1. The molecule has 0 spiro atoms. The summed E-state index contributed by atoms with van der Waals surface area (Å²) in [7, 11) is 4.07. The number of rotatable bonds is 4. The van der Waals surface area contributed by atoms with Gasteiger partial charge >= 0.3 is 5.97 Å². The lowest BCUT2D eigenvalue weighted by atomic mass is 10.1. The van der Waals surface area contributed by atoms with Crippen LogP contribution in [0.2, 0.25) is 5.02 Å². The molecule has 2 aromatic heterocycles. The van der Waals surface area contributed by atoms with Gasteiger partial charge < -0.3 is 19.5 Å². The minimum absolute atomic E-state index is 0.0249. The predicted octanol–water partition coefficient (Wildman–Crippen LogP) is 3.65. The molecule has 1 aromatic carbocycles. The molecule has 0 amide bonds. The van der Waals surface area contributed by atoms with Crippen LogP contribution in [0.25, 0.3) is 16.6 Å². The summed E-state index contributed by atoms with van der Waals surface area (Å²) in [6.07, 6.45) is 2.75. The summed E-state index contributed by atoms with van der Waals surface area (Å²) < 4.78 is 15.5. The van der Waals surface area contributed by atoms with Crippen molar-refractivity contribution in [2.24, 2.45) is 0 Å². The molecular formula is C22H24ClFN4O3. The fourth-order valence-electron chi connectivity index (χ4n) is 3.36. The van der Waals surface area contributed by atoms with Crippen molar-refractivity contribution >= 4 is 34.3 Å². The standard InChI is InChI=1S/C20H18ClFN4O3.C2H6/c1-24(2)12-8-25(9-12)18-4-3-11(7-23-18)26-10-14(20(28)29)19(27)13-5-15(21)16(22)6-17(13)26;1-2/h3-7,10,12H,8-9H2,1-2H3,(H,28,29);1-2H3. The first-order valence-corrected chi connectivity index (χ1v) is 10.3. The molecule has 1 aliphatic heterocycles. The molecule has 0 radical (unpaired) electrons. The molecule has 1 saturated heterocycles. The zero-order valence-electron chi connectivity index (χ0n) is 17.8. The van der Waals surface area contributed by atoms with Crippen molar-refractivity contribution in [1.82, 2.24) is 14.5 Å². The molecule has 9 heteroatoms. The van der Waals surface area contributed by atoms with Gasteiger partial charge in [0.2, 0.25) is 5.43 Å². The van der Waals surface area contributed by atoms with Crippen LogP contribution in [0.15, 0.2) is 41.5 Å². The van der Waals surface area contributed by atoms with Crippen LogP contribution < -0.4 is 10.3 Å². The number of hydrogen-bond acceptors (Lipinski definition) is 5. The van der Waals surface area contributed by atoms with Gasteiger partial charge in [0.15, 0.2) is 0 Å². The predicted molar refractivity (Wildman–Crippen MR) is 120 cm³/mol. The van der Waals surface area contributed by atoms with E-state index in [2.05, 4.69) is 14.8 Å². The number of aromatic carboxylic acids is 1. The molecule has 4 rings (SSSR count).